The Hall–Kier alpha value is -0.910. The summed E-state index contributed by atoms with van der Waals surface area (Å²) in [6.07, 6.45) is 4.36. The van der Waals surface area contributed by atoms with Gasteiger partial charge in [-0.3, -0.25) is 0 Å². The van der Waals surface area contributed by atoms with Gasteiger partial charge in [0.1, 0.15) is 6.04 Å². The number of amides is 2. The SMILES string of the molecule is CCC(CC)CNC(=O)N[C@H](CCSC)C(=O)O. The van der Waals surface area contributed by atoms with Gasteiger partial charge in [0.05, 0.1) is 0 Å². The van der Waals surface area contributed by atoms with E-state index in [1.165, 1.54) is 0 Å². The van der Waals surface area contributed by atoms with Gasteiger partial charge >= 0.3 is 12.0 Å². The molecule has 0 saturated carbocycles. The van der Waals surface area contributed by atoms with Crippen molar-refractivity contribution in [1.29, 1.82) is 0 Å². The van der Waals surface area contributed by atoms with E-state index in [-0.39, 0.29) is 0 Å². The monoisotopic (exact) mass is 276 g/mol. The first-order valence-corrected chi connectivity index (χ1v) is 7.70. The van der Waals surface area contributed by atoms with Gasteiger partial charge in [0.2, 0.25) is 0 Å². The van der Waals surface area contributed by atoms with E-state index in [1.807, 2.05) is 6.26 Å². The molecule has 0 heterocycles. The van der Waals surface area contributed by atoms with Gasteiger partial charge in [-0.05, 0) is 24.3 Å². The quantitative estimate of drug-likeness (QED) is 0.601. The number of urea groups is 1. The van der Waals surface area contributed by atoms with Crippen LogP contribution in [0, 0.1) is 5.92 Å². The number of thioether (sulfide) groups is 1. The lowest BCUT2D eigenvalue weighted by molar-refractivity contribution is -0.139. The molecule has 1 atom stereocenters. The molecule has 0 spiro atoms. The Bertz CT molecular complexity index is 258. The van der Waals surface area contributed by atoms with Crippen molar-refractivity contribution in [1.82, 2.24) is 10.6 Å². The van der Waals surface area contributed by atoms with Crippen LogP contribution < -0.4 is 10.6 Å². The van der Waals surface area contributed by atoms with Gasteiger partial charge in [-0.15, -0.1) is 0 Å². The van der Waals surface area contributed by atoms with Crippen LogP contribution >= 0.6 is 11.8 Å². The third-order valence-corrected chi connectivity index (χ3v) is 3.56. The third kappa shape index (κ3) is 7.42. The summed E-state index contributed by atoms with van der Waals surface area (Å²) in [4.78, 5) is 22.5. The van der Waals surface area contributed by atoms with Crippen molar-refractivity contribution in [2.45, 2.75) is 39.2 Å². The molecule has 0 aliphatic heterocycles. The Kier molecular flexibility index (Phi) is 9.55. The smallest absolute Gasteiger partial charge is 0.326 e. The first kappa shape index (κ1) is 17.1. The number of aliphatic carboxylic acids is 1. The highest BCUT2D eigenvalue weighted by Gasteiger charge is 2.19. The molecule has 0 aliphatic carbocycles. The fourth-order valence-corrected chi connectivity index (χ4v) is 1.99. The van der Waals surface area contributed by atoms with Crippen LogP contribution in [0.15, 0.2) is 0 Å². The van der Waals surface area contributed by atoms with Crippen molar-refractivity contribution in [2.24, 2.45) is 5.92 Å². The van der Waals surface area contributed by atoms with E-state index in [9.17, 15) is 9.59 Å². The van der Waals surface area contributed by atoms with Crippen molar-refractivity contribution >= 4 is 23.8 Å². The van der Waals surface area contributed by atoms with Crippen LogP contribution in [0.1, 0.15) is 33.1 Å². The minimum Gasteiger partial charge on any atom is -0.480 e. The summed E-state index contributed by atoms with van der Waals surface area (Å²) in [6.45, 7) is 4.74. The van der Waals surface area contributed by atoms with Gasteiger partial charge in [0.25, 0.3) is 0 Å². The van der Waals surface area contributed by atoms with E-state index in [4.69, 9.17) is 5.11 Å². The van der Waals surface area contributed by atoms with Crippen molar-refractivity contribution in [2.75, 3.05) is 18.6 Å². The van der Waals surface area contributed by atoms with Gasteiger partial charge in [-0.25, -0.2) is 9.59 Å². The maximum Gasteiger partial charge on any atom is 0.326 e. The van der Waals surface area contributed by atoms with Gasteiger partial charge in [0.15, 0.2) is 0 Å². The summed E-state index contributed by atoms with van der Waals surface area (Å²) in [5.74, 6) is 0.177. The normalized spacial score (nSPS) is 12.2. The predicted molar refractivity (Wildman–Crippen MR) is 75.0 cm³/mol. The van der Waals surface area contributed by atoms with E-state index in [2.05, 4.69) is 24.5 Å². The highest BCUT2D eigenvalue weighted by Crippen LogP contribution is 2.05. The largest absolute Gasteiger partial charge is 0.480 e. The van der Waals surface area contributed by atoms with Gasteiger partial charge in [0, 0.05) is 6.54 Å². The Balaban J connectivity index is 4.05. The Morgan fingerprint density at radius 3 is 2.33 bits per heavy atom. The van der Waals surface area contributed by atoms with Gasteiger partial charge in [-0.1, -0.05) is 26.7 Å². The van der Waals surface area contributed by atoms with Crippen LogP contribution in [0.2, 0.25) is 0 Å². The Labute approximate surface area is 113 Å². The maximum absolute atomic E-state index is 11.6. The third-order valence-electron chi connectivity index (χ3n) is 2.92. The van der Waals surface area contributed by atoms with Crippen LogP contribution in [0.3, 0.4) is 0 Å². The molecule has 0 fully saturated rings. The zero-order valence-electron chi connectivity index (χ0n) is 11.4. The number of carboxylic acids is 1. The second-order valence-corrected chi connectivity index (χ2v) is 5.19. The molecule has 3 N–H and O–H groups in total. The molecular formula is C12H24N2O3S. The van der Waals surface area contributed by atoms with Crippen LogP contribution in [0.4, 0.5) is 4.79 Å². The number of carbonyl (C=O) groups excluding carboxylic acids is 1. The molecular weight excluding hydrogens is 252 g/mol. The van der Waals surface area contributed by atoms with Crippen LogP contribution in [0.25, 0.3) is 0 Å². The summed E-state index contributed by atoms with van der Waals surface area (Å²) >= 11 is 1.56. The van der Waals surface area contributed by atoms with E-state index in [0.29, 0.717) is 24.6 Å². The molecule has 0 rings (SSSR count). The molecule has 5 nitrogen and oxygen atoms in total. The second kappa shape index (κ2) is 10.1. The summed E-state index contributed by atoms with van der Waals surface area (Å²) in [6, 6.07) is -1.20. The molecule has 0 aromatic rings. The molecule has 0 aromatic carbocycles. The molecule has 0 aliphatic rings. The summed E-state index contributed by atoms with van der Waals surface area (Å²) in [5.41, 5.74) is 0. The Morgan fingerprint density at radius 1 is 1.28 bits per heavy atom. The topological polar surface area (TPSA) is 78.4 Å². The number of nitrogens with one attached hydrogen (secondary N) is 2. The van der Waals surface area contributed by atoms with E-state index < -0.39 is 18.0 Å². The molecule has 0 bridgehead atoms. The first-order chi connectivity index (χ1) is 8.54. The molecule has 6 heteroatoms. The zero-order chi connectivity index (χ0) is 14.0. The predicted octanol–water partition coefficient (Wildman–Crippen LogP) is 1.93. The number of hydrogen-bond donors (Lipinski definition) is 3. The fourth-order valence-electron chi connectivity index (χ4n) is 1.52. The average Bonchev–Trinajstić information content (AvgIpc) is 2.35. The summed E-state index contributed by atoms with van der Waals surface area (Å²) < 4.78 is 0. The van der Waals surface area contributed by atoms with E-state index in [1.54, 1.807) is 11.8 Å². The lowest BCUT2D eigenvalue weighted by Gasteiger charge is -2.17. The van der Waals surface area contributed by atoms with Crippen LogP contribution in [-0.2, 0) is 4.79 Å². The average molecular weight is 276 g/mol. The highest BCUT2D eigenvalue weighted by molar-refractivity contribution is 7.98. The fraction of sp³-hybridized carbons (Fsp3) is 0.833. The molecule has 2 amide bonds. The van der Waals surface area contributed by atoms with Crippen molar-refractivity contribution in [3.05, 3.63) is 0 Å². The summed E-state index contributed by atoms with van der Waals surface area (Å²) in [7, 11) is 0. The first-order valence-electron chi connectivity index (χ1n) is 6.31. The second-order valence-electron chi connectivity index (χ2n) is 4.21. The molecule has 0 aromatic heterocycles. The zero-order valence-corrected chi connectivity index (χ0v) is 12.2. The van der Waals surface area contributed by atoms with Gasteiger partial charge in [-0.2, -0.15) is 11.8 Å². The van der Waals surface area contributed by atoms with Crippen molar-refractivity contribution in [3.63, 3.8) is 0 Å². The molecule has 106 valence electrons. The molecule has 18 heavy (non-hydrogen) atoms. The maximum atomic E-state index is 11.6. The van der Waals surface area contributed by atoms with E-state index >= 15 is 0 Å². The van der Waals surface area contributed by atoms with Crippen molar-refractivity contribution in [3.8, 4) is 0 Å². The van der Waals surface area contributed by atoms with E-state index in [0.717, 1.165) is 12.8 Å². The number of rotatable bonds is 9. The standard InChI is InChI=1S/C12H24N2O3S/c1-4-9(5-2)8-13-12(17)14-10(11(15)16)6-7-18-3/h9-10H,4-8H2,1-3H3,(H,15,16)(H2,13,14,17)/t10-/m1/s1. The van der Waals surface area contributed by atoms with Crippen LogP contribution in [-0.4, -0.2) is 41.7 Å². The van der Waals surface area contributed by atoms with Gasteiger partial charge < -0.3 is 15.7 Å². The number of hydrogen-bond acceptors (Lipinski definition) is 3. The number of carboxylic acid groups (broad SMARTS) is 1. The Morgan fingerprint density at radius 2 is 1.89 bits per heavy atom. The number of carbonyl (C=O) groups is 2. The lowest BCUT2D eigenvalue weighted by Crippen LogP contribution is -2.47. The van der Waals surface area contributed by atoms with Crippen LogP contribution in [0.5, 0.6) is 0 Å². The minimum atomic E-state index is -0.985. The summed E-state index contributed by atoms with van der Waals surface area (Å²) in [5, 5.41) is 14.2. The minimum absolute atomic E-state index is 0.393. The molecule has 0 radical (unpaired) electrons. The molecule has 0 unspecified atom stereocenters. The molecule has 0 saturated heterocycles. The highest BCUT2D eigenvalue weighted by atomic mass is 32.2. The van der Waals surface area contributed by atoms with Crippen molar-refractivity contribution < 1.29 is 14.7 Å². The lowest BCUT2D eigenvalue weighted by atomic mass is 10.0.